The molecular formula is C13H9Br2ClN2O2. The summed E-state index contributed by atoms with van der Waals surface area (Å²) in [7, 11) is 0. The summed E-state index contributed by atoms with van der Waals surface area (Å²) in [5, 5.41) is 14.4. The van der Waals surface area contributed by atoms with Crippen LogP contribution >= 0.6 is 43.5 Å². The van der Waals surface area contributed by atoms with Gasteiger partial charge in [0.25, 0.3) is 5.69 Å². The number of benzene rings is 2. The monoisotopic (exact) mass is 418 g/mol. The van der Waals surface area contributed by atoms with E-state index in [0.29, 0.717) is 17.3 Å². The van der Waals surface area contributed by atoms with E-state index in [9.17, 15) is 10.1 Å². The first-order chi connectivity index (χ1) is 9.47. The van der Waals surface area contributed by atoms with Crippen LogP contribution in [0.25, 0.3) is 0 Å². The van der Waals surface area contributed by atoms with Crippen molar-refractivity contribution in [2.24, 2.45) is 0 Å². The lowest BCUT2D eigenvalue weighted by atomic mass is 10.2. The van der Waals surface area contributed by atoms with Crippen LogP contribution < -0.4 is 5.32 Å². The summed E-state index contributed by atoms with van der Waals surface area (Å²) in [6, 6.07) is 10.4. The lowest BCUT2D eigenvalue weighted by molar-refractivity contribution is -0.383. The Labute approximate surface area is 137 Å². The standard InChI is InChI=1S/C13H9Br2ClN2O2/c14-10-3-1-8(5-11(10)15)7-17-12-4-2-9(16)6-13(12)18(19)20/h1-6,17H,7H2. The van der Waals surface area contributed by atoms with Gasteiger partial charge < -0.3 is 5.32 Å². The van der Waals surface area contributed by atoms with Gasteiger partial charge in [0.2, 0.25) is 0 Å². The Morgan fingerprint density at radius 3 is 2.55 bits per heavy atom. The molecule has 2 aromatic carbocycles. The molecule has 104 valence electrons. The van der Waals surface area contributed by atoms with Crippen molar-refractivity contribution < 1.29 is 4.92 Å². The number of hydrogen-bond acceptors (Lipinski definition) is 3. The third-order valence-corrected chi connectivity index (χ3v) is 4.74. The first kappa shape index (κ1) is 15.3. The third-order valence-electron chi connectivity index (χ3n) is 2.62. The highest BCUT2D eigenvalue weighted by atomic mass is 79.9. The van der Waals surface area contributed by atoms with E-state index in [1.54, 1.807) is 12.1 Å². The van der Waals surface area contributed by atoms with Crippen molar-refractivity contribution in [3.8, 4) is 0 Å². The molecule has 0 bridgehead atoms. The maximum atomic E-state index is 11.0. The van der Waals surface area contributed by atoms with Gasteiger partial charge in [-0.3, -0.25) is 10.1 Å². The molecule has 4 nitrogen and oxygen atoms in total. The zero-order valence-corrected chi connectivity index (χ0v) is 14.0. The highest BCUT2D eigenvalue weighted by Crippen LogP contribution is 2.29. The van der Waals surface area contributed by atoms with Crippen LogP contribution in [0.4, 0.5) is 11.4 Å². The molecule has 0 spiro atoms. The summed E-state index contributed by atoms with van der Waals surface area (Å²) in [6.45, 7) is 0.481. The lowest BCUT2D eigenvalue weighted by Gasteiger charge is -2.08. The second-order valence-electron chi connectivity index (χ2n) is 4.02. The van der Waals surface area contributed by atoms with Gasteiger partial charge in [-0.15, -0.1) is 0 Å². The van der Waals surface area contributed by atoms with Gasteiger partial charge in [0.15, 0.2) is 0 Å². The SMILES string of the molecule is O=[N+]([O-])c1cc(Cl)ccc1NCc1ccc(Br)c(Br)c1. The van der Waals surface area contributed by atoms with Gasteiger partial charge in [-0.25, -0.2) is 0 Å². The third kappa shape index (κ3) is 3.71. The largest absolute Gasteiger partial charge is 0.375 e. The quantitative estimate of drug-likeness (QED) is 0.533. The van der Waals surface area contributed by atoms with Gasteiger partial charge in [-0.05, 0) is 61.7 Å². The molecule has 0 unspecified atom stereocenters. The Balaban J connectivity index is 2.18. The van der Waals surface area contributed by atoms with Gasteiger partial charge in [-0.1, -0.05) is 17.7 Å². The summed E-state index contributed by atoms with van der Waals surface area (Å²) in [6.07, 6.45) is 0. The van der Waals surface area contributed by atoms with Crippen LogP contribution in [0.3, 0.4) is 0 Å². The number of nitro benzene ring substituents is 1. The molecule has 0 atom stereocenters. The molecule has 2 aromatic rings. The number of rotatable bonds is 4. The number of halogens is 3. The van der Waals surface area contributed by atoms with Crippen LogP contribution in [0.1, 0.15) is 5.56 Å². The summed E-state index contributed by atoms with van der Waals surface area (Å²) < 4.78 is 1.89. The van der Waals surface area contributed by atoms with Crippen LogP contribution in [0.2, 0.25) is 5.02 Å². The van der Waals surface area contributed by atoms with Crippen molar-refractivity contribution in [1.29, 1.82) is 0 Å². The van der Waals surface area contributed by atoms with Crippen molar-refractivity contribution in [2.75, 3.05) is 5.32 Å². The van der Waals surface area contributed by atoms with Crippen LogP contribution in [0, 0.1) is 10.1 Å². The zero-order chi connectivity index (χ0) is 14.7. The number of nitro groups is 1. The Morgan fingerprint density at radius 2 is 1.90 bits per heavy atom. The van der Waals surface area contributed by atoms with E-state index >= 15 is 0 Å². The molecule has 0 heterocycles. The van der Waals surface area contributed by atoms with Crippen molar-refractivity contribution in [3.05, 3.63) is 66.0 Å². The molecule has 0 aliphatic rings. The molecule has 2 rings (SSSR count). The molecule has 0 aliphatic heterocycles. The molecule has 0 saturated carbocycles. The predicted octanol–water partition coefficient (Wildman–Crippen LogP) is 5.39. The van der Waals surface area contributed by atoms with E-state index < -0.39 is 4.92 Å². The first-order valence-electron chi connectivity index (χ1n) is 5.59. The number of anilines is 1. The van der Waals surface area contributed by atoms with Gasteiger partial charge in [0.1, 0.15) is 5.69 Å². The first-order valence-corrected chi connectivity index (χ1v) is 7.55. The number of nitrogens with one attached hydrogen (secondary N) is 1. The molecule has 0 saturated heterocycles. The normalized spacial score (nSPS) is 10.3. The molecular weight excluding hydrogens is 411 g/mol. The second kappa shape index (κ2) is 6.56. The van der Waals surface area contributed by atoms with Crippen LogP contribution in [-0.4, -0.2) is 4.92 Å². The highest BCUT2D eigenvalue weighted by molar-refractivity contribution is 9.13. The topological polar surface area (TPSA) is 55.2 Å². The smallest absolute Gasteiger partial charge is 0.293 e. The minimum absolute atomic E-state index is 0.0336. The van der Waals surface area contributed by atoms with Crippen molar-refractivity contribution >= 4 is 54.8 Å². The highest BCUT2D eigenvalue weighted by Gasteiger charge is 2.13. The number of hydrogen-bond donors (Lipinski definition) is 1. The summed E-state index contributed by atoms with van der Waals surface area (Å²) in [4.78, 5) is 10.5. The summed E-state index contributed by atoms with van der Waals surface area (Å²) in [5.41, 5.74) is 1.41. The molecule has 0 amide bonds. The fourth-order valence-electron chi connectivity index (χ4n) is 1.65. The van der Waals surface area contributed by atoms with Crippen molar-refractivity contribution in [2.45, 2.75) is 6.54 Å². The van der Waals surface area contributed by atoms with Gasteiger partial charge in [0.05, 0.1) is 4.92 Å². The Morgan fingerprint density at radius 1 is 1.15 bits per heavy atom. The fourth-order valence-corrected chi connectivity index (χ4v) is 2.49. The Hall–Kier alpha value is -1.11. The molecule has 0 aliphatic carbocycles. The van der Waals surface area contributed by atoms with Crippen LogP contribution in [-0.2, 0) is 6.54 Å². The van der Waals surface area contributed by atoms with Crippen LogP contribution in [0.5, 0.6) is 0 Å². The average Bonchev–Trinajstić information content (AvgIpc) is 2.41. The Kier molecular flexibility index (Phi) is 5.01. The van der Waals surface area contributed by atoms with Gasteiger partial charge in [0, 0.05) is 26.6 Å². The summed E-state index contributed by atoms with van der Waals surface area (Å²) in [5.74, 6) is 0. The molecule has 1 N–H and O–H groups in total. The fraction of sp³-hybridized carbons (Fsp3) is 0.0769. The van der Waals surface area contributed by atoms with E-state index in [-0.39, 0.29) is 5.69 Å². The minimum Gasteiger partial charge on any atom is -0.375 e. The average molecular weight is 420 g/mol. The maximum Gasteiger partial charge on any atom is 0.293 e. The second-order valence-corrected chi connectivity index (χ2v) is 6.17. The zero-order valence-electron chi connectivity index (χ0n) is 10.1. The molecule has 0 fully saturated rings. The van der Waals surface area contributed by atoms with Crippen molar-refractivity contribution in [1.82, 2.24) is 0 Å². The predicted molar refractivity (Wildman–Crippen MR) is 87.3 cm³/mol. The van der Waals surface area contributed by atoms with E-state index in [4.69, 9.17) is 11.6 Å². The Bertz CT molecular complexity index is 665. The van der Waals surface area contributed by atoms with Crippen molar-refractivity contribution in [3.63, 3.8) is 0 Å². The van der Waals surface area contributed by atoms with E-state index in [1.807, 2.05) is 18.2 Å². The minimum atomic E-state index is -0.453. The van der Waals surface area contributed by atoms with E-state index in [2.05, 4.69) is 37.2 Å². The van der Waals surface area contributed by atoms with E-state index in [0.717, 1.165) is 14.5 Å². The summed E-state index contributed by atoms with van der Waals surface area (Å²) >= 11 is 12.6. The molecule has 20 heavy (non-hydrogen) atoms. The number of nitrogens with zero attached hydrogens (tertiary/aromatic N) is 1. The molecule has 7 heteroatoms. The van der Waals surface area contributed by atoms with Gasteiger partial charge >= 0.3 is 0 Å². The van der Waals surface area contributed by atoms with Crippen LogP contribution in [0.15, 0.2) is 45.3 Å². The van der Waals surface area contributed by atoms with Gasteiger partial charge in [-0.2, -0.15) is 0 Å². The molecule has 0 aromatic heterocycles. The maximum absolute atomic E-state index is 11.0. The lowest BCUT2D eigenvalue weighted by Crippen LogP contribution is -2.02. The van der Waals surface area contributed by atoms with E-state index in [1.165, 1.54) is 6.07 Å². The molecule has 0 radical (unpaired) electrons.